The first-order valence-electron chi connectivity index (χ1n) is 11.6. The zero-order chi connectivity index (χ0) is 24.0. The van der Waals surface area contributed by atoms with Crippen LogP contribution in [0.3, 0.4) is 0 Å². The summed E-state index contributed by atoms with van der Waals surface area (Å²) in [6, 6.07) is 15.6. The lowest BCUT2D eigenvalue weighted by atomic mass is 10.2. The van der Waals surface area contributed by atoms with Crippen molar-refractivity contribution in [3.8, 4) is 0 Å². The number of benzene rings is 2. The number of hydrogen-bond acceptors (Lipinski definition) is 5. The molecular formula is C25H31FN4O3S. The van der Waals surface area contributed by atoms with Gasteiger partial charge in [0.2, 0.25) is 15.9 Å². The number of halogens is 1. The molecule has 2 saturated heterocycles. The summed E-state index contributed by atoms with van der Waals surface area (Å²) in [6.45, 7) is 5.66. The molecule has 0 unspecified atom stereocenters. The quantitative estimate of drug-likeness (QED) is 0.599. The van der Waals surface area contributed by atoms with E-state index in [0.717, 1.165) is 38.8 Å². The van der Waals surface area contributed by atoms with E-state index in [1.807, 2.05) is 18.2 Å². The molecule has 2 aromatic carbocycles. The number of nitrogens with zero attached hydrogens (tertiary/aromatic N) is 4. The van der Waals surface area contributed by atoms with E-state index in [4.69, 9.17) is 0 Å². The van der Waals surface area contributed by atoms with E-state index >= 15 is 0 Å². The topological polar surface area (TPSA) is 64.2 Å². The zero-order valence-electron chi connectivity index (χ0n) is 19.2. The average Bonchev–Trinajstić information content (AvgIpc) is 2.86. The Morgan fingerprint density at radius 3 is 2.12 bits per heavy atom. The van der Waals surface area contributed by atoms with Crippen molar-refractivity contribution < 1.29 is 17.6 Å². The normalized spacial score (nSPS) is 19.0. The highest BCUT2D eigenvalue weighted by Gasteiger charge is 2.32. The molecule has 2 heterocycles. The van der Waals surface area contributed by atoms with E-state index in [0.29, 0.717) is 19.6 Å². The van der Waals surface area contributed by atoms with Crippen molar-refractivity contribution in [2.24, 2.45) is 0 Å². The summed E-state index contributed by atoms with van der Waals surface area (Å²) in [5.74, 6) is -0.740. The summed E-state index contributed by atoms with van der Waals surface area (Å²) < 4.78 is 40.8. The predicted molar refractivity (Wildman–Crippen MR) is 130 cm³/mol. The lowest BCUT2D eigenvalue weighted by Gasteiger charge is -2.37. The van der Waals surface area contributed by atoms with Gasteiger partial charge in [-0.15, -0.1) is 0 Å². The fraction of sp³-hybridized carbons (Fsp3) is 0.400. The number of piperazine rings is 2. The van der Waals surface area contributed by atoms with Crippen molar-refractivity contribution in [3.05, 3.63) is 72.1 Å². The fourth-order valence-corrected chi connectivity index (χ4v) is 5.78. The molecule has 2 aliphatic rings. The third-order valence-corrected chi connectivity index (χ3v) is 8.27. The first-order chi connectivity index (χ1) is 16.4. The Hall–Kier alpha value is -2.59. The molecule has 4 rings (SSSR count). The average molecular weight is 487 g/mol. The number of sulfonamides is 1. The van der Waals surface area contributed by atoms with Gasteiger partial charge in [0.1, 0.15) is 10.7 Å². The van der Waals surface area contributed by atoms with Crippen LogP contribution in [0.25, 0.3) is 6.08 Å². The zero-order valence-corrected chi connectivity index (χ0v) is 20.0. The van der Waals surface area contributed by atoms with Gasteiger partial charge in [-0.1, -0.05) is 54.6 Å². The second kappa shape index (κ2) is 11.2. The molecule has 0 aromatic heterocycles. The van der Waals surface area contributed by atoms with Gasteiger partial charge < -0.3 is 4.90 Å². The third-order valence-electron chi connectivity index (χ3n) is 6.34. The summed E-state index contributed by atoms with van der Waals surface area (Å²) in [5, 5.41) is 0. The van der Waals surface area contributed by atoms with E-state index in [2.05, 4.69) is 34.1 Å². The van der Waals surface area contributed by atoms with Crippen molar-refractivity contribution >= 4 is 22.0 Å². The van der Waals surface area contributed by atoms with Gasteiger partial charge in [-0.25, -0.2) is 12.8 Å². The Bertz CT molecular complexity index is 1090. The molecule has 7 nitrogen and oxygen atoms in total. The van der Waals surface area contributed by atoms with Crippen LogP contribution in [0.4, 0.5) is 4.39 Å². The van der Waals surface area contributed by atoms with Gasteiger partial charge in [-0.3, -0.25) is 14.6 Å². The van der Waals surface area contributed by atoms with Crippen LogP contribution in [-0.4, -0.2) is 98.8 Å². The van der Waals surface area contributed by atoms with Crippen LogP contribution < -0.4 is 0 Å². The van der Waals surface area contributed by atoms with Crippen LogP contribution in [0.2, 0.25) is 0 Å². The molecule has 0 radical (unpaired) electrons. The SMILES string of the molecule is O=C(CN1CCN(C/C=C/c2ccccc2)CC1)N1CCN(S(=O)(=O)c2ccccc2F)CC1. The molecular weight excluding hydrogens is 455 g/mol. The van der Waals surface area contributed by atoms with Crippen molar-refractivity contribution in [3.63, 3.8) is 0 Å². The molecule has 182 valence electrons. The Balaban J connectivity index is 1.20. The van der Waals surface area contributed by atoms with Crippen LogP contribution in [0, 0.1) is 5.82 Å². The largest absolute Gasteiger partial charge is 0.339 e. The summed E-state index contributed by atoms with van der Waals surface area (Å²) in [7, 11) is -3.90. The Labute approximate surface area is 201 Å². The molecule has 34 heavy (non-hydrogen) atoms. The van der Waals surface area contributed by atoms with Crippen molar-refractivity contribution in [1.29, 1.82) is 0 Å². The van der Waals surface area contributed by atoms with Gasteiger partial charge in [0.25, 0.3) is 0 Å². The Morgan fingerprint density at radius 2 is 1.44 bits per heavy atom. The van der Waals surface area contributed by atoms with Crippen LogP contribution in [0.1, 0.15) is 5.56 Å². The lowest BCUT2D eigenvalue weighted by Crippen LogP contribution is -2.54. The molecule has 1 amide bonds. The molecule has 2 aromatic rings. The molecule has 0 spiro atoms. The van der Waals surface area contributed by atoms with E-state index in [-0.39, 0.29) is 23.9 Å². The smallest absolute Gasteiger partial charge is 0.246 e. The number of hydrogen-bond donors (Lipinski definition) is 0. The molecule has 0 saturated carbocycles. The van der Waals surface area contributed by atoms with Gasteiger partial charge in [0.15, 0.2) is 0 Å². The van der Waals surface area contributed by atoms with Crippen LogP contribution in [-0.2, 0) is 14.8 Å². The number of rotatable bonds is 7. The van der Waals surface area contributed by atoms with Gasteiger partial charge in [-0.05, 0) is 17.7 Å². The highest BCUT2D eigenvalue weighted by molar-refractivity contribution is 7.89. The van der Waals surface area contributed by atoms with E-state index in [1.54, 1.807) is 4.90 Å². The van der Waals surface area contributed by atoms with E-state index in [1.165, 1.54) is 28.1 Å². The minimum Gasteiger partial charge on any atom is -0.339 e. The monoisotopic (exact) mass is 486 g/mol. The standard InChI is InChI=1S/C25H31FN4O3S/c26-23-10-4-5-11-24(23)34(32,33)30-19-17-29(18-20-30)25(31)21-28-15-13-27(14-16-28)12-6-9-22-7-2-1-3-8-22/h1-11H,12-21H2/b9-6+. The van der Waals surface area contributed by atoms with Gasteiger partial charge >= 0.3 is 0 Å². The minimum absolute atomic E-state index is 0.0142. The van der Waals surface area contributed by atoms with Crippen LogP contribution >= 0.6 is 0 Å². The summed E-state index contributed by atoms with van der Waals surface area (Å²) in [6.07, 6.45) is 4.30. The highest BCUT2D eigenvalue weighted by atomic mass is 32.2. The van der Waals surface area contributed by atoms with Gasteiger partial charge in [0, 0.05) is 58.9 Å². The number of carbonyl (C=O) groups is 1. The second-order valence-corrected chi connectivity index (χ2v) is 10.5. The molecule has 0 bridgehead atoms. The first-order valence-corrected chi connectivity index (χ1v) is 13.1. The summed E-state index contributed by atoms with van der Waals surface area (Å²) in [4.78, 5) is 18.7. The highest BCUT2D eigenvalue weighted by Crippen LogP contribution is 2.20. The fourth-order valence-electron chi connectivity index (χ4n) is 4.29. The van der Waals surface area contributed by atoms with Crippen LogP contribution in [0.5, 0.6) is 0 Å². The number of amides is 1. The summed E-state index contributed by atoms with van der Waals surface area (Å²) in [5.41, 5.74) is 1.19. The molecule has 2 fully saturated rings. The Morgan fingerprint density at radius 1 is 0.824 bits per heavy atom. The molecule has 0 N–H and O–H groups in total. The number of carbonyl (C=O) groups excluding carboxylic acids is 1. The molecule has 0 aliphatic carbocycles. The minimum atomic E-state index is -3.90. The van der Waals surface area contributed by atoms with E-state index in [9.17, 15) is 17.6 Å². The predicted octanol–water partition coefficient (Wildman–Crippen LogP) is 1.99. The van der Waals surface area contributed by atoms with Crippen molar-refractivity contribution in [2.45, 2.75) is 4.90 Å². The second-order valence-electron chi connectivity index (χ2n) is 8.61. The molecule has 0 atom stereocenters. The molecule has 2 aliphatic heterocycles. The van der Waals surface area contributed by atoms with Crippen molar-refractivity contribution in [1.82, 2.24) is 19.0 Å². The van der Waals surface area contributed by atoms with E-state index < -0.39 is 15.8 Å². The third kappa shape index (κ3) is 6.09. The van der Waals surface area contributed by atoms with Gasteiger partial charge in [-0.2, -0.15) is 4.31 Å². The first kappa shape index (κ1) is 24.5. The maximum Gasteiger partial charge on any atom is 0.246 e. The van der Waals surface area contributed by atoms with Gasteiger partial charge in [0.05, 0.1) is 6.54 Å². The lowest BCUT2D eigenvalue weighted by molar-refractivity contribution is -0.134. The maximum atomic E-state index is 14.0. The van der Waals surface area contributed by atoms with Crippen LogP contribution in [0.15, 0.2) is 65.6 Å². The Kier molecular flexibility index (Phi) is 8.10. The molecule has 9 heteroatoms. The summed E-state index contributed by atoms with van der Waals surface area (Å²) >= 11 is 0. The maximum absolute atomic E-state index is 14.0. The van der Waals surface area contributed by atoms with Crippen molar-refractivity contribution in [2.75, 3.05) is 65.4 Å².